The van der Waals surface area contributed by atoms with Gasteiger partial charge in [0, 0.05) is 41.5 Å². The molecule has 5 N–H and O–H groups in total. The maximum absolute atomic E-state index is 14.4. The van der Waals surface area contributed by atoms with Crippen LogP contribution in [0.3, 0.4) is 0 Å². The Kier molecular flexibility index (Phi) is 8.99. The summed E-state index contributed by atoms with van der Waals surface area (Å²) >= 11 is 0. The van der Waals surface area contributed by atoms with Crippen LogP contribution >= 0.6 is 0 Å². The first kappa shape index (κ1) is 36.7. The largest absolute Gasteiger partial charge is 0.505 e. The molecule has 0 amide bonds. The van der Waals surface area contributed by atoms with Gasteiger partial charge >= 0.3 is 11.9 Å². The third kappa shape index (κ3) is 5.53. The second-order valence-electron chi connectivity index (χ2n) is 14.7. The fourth-order valence-electron chi connectivity index (χ4n) is 8.36. The number of aliphatic hydroxyl groups excluding tert-OH is 2. The number of carbonyl (C=O) groups is 2. The lowest BCUT2D eigenvalue weighted by Gasteiger charge is -2.27. The Bertz CT molecular complexity index is 2570. The van der Waals surface area contributed by atoms with Crippen LogP contribution in [-0.4, -0.2) is 86.1 Å². The van der Waals surface area contributed by atoms with Gasteiger partial charge in [0.15, 0.2) is 16.6 Å². The number of carbonyl (C=O) groups excluding carboxylic acids is 2. The molecule has 14 heteroatoms. The molecule has 0 atom stereocenters. The Morgan fingerprint density at radius 3 is 1.69 bits per heavy atom. The Morgan fingerprint density at radius 1 is 0.691 bits per heavy atom. The highest BCUT2D eigenvalue weighted by Crippen LogP contribution is 2.56. The highest BCUT2D eigenvalue weighted by Gasteiger charge is 2.54. The van der Waals surface area contributed by atoms with Gasteiger partial charge in [-0.2, -0.15) is 0 Å². The standard InChI is InChI=1S/C41H42N2O12/c1-19-13-22-28-29-23(14-19)37(53-4)35(43-41(7-8-41)39(50)55-12-10-52-3)30-24(46)15-20(17-44)26(32(29)30)27-21(18-45)16-25(47)31(33(27)28)36(48)34(22)42-40(5-6-40)38(49)54-11-9-51-2/h13,15-16,42-45,48H,5-12,14,17-18H2,1-4H3. The Hall–Kier alpha value is -5.28. The van der Waals surface area contributed by atoms with Crippen LogP contribution in [0.25, 0.3) is 49.2 Å². The van der Waals surface area contributed by atoms with Crippen molar-refractivity contribution in [3.63, 3.8) is 0 Å². The summed E-state index contributed by atoms with van der Waals surface area (Å²) in [7, 11) is 4.49. The number of esters is 2. The number of nitrogens with one attached hydrogen (secondary N) is 2. The monoisotopic (exact) mass is 754 g/mol. The molecule has 3 aliphatic carbocycles. The molecule has 2 saturated carbocycles. The first-order chi connectivity index (χ1) is 26.5. The molecule has 0 bridgehead atoms. The van der Waals surface area contributed by atoms with Crippen molar-refractivity contribution in [1.29, 1.82) is 0 Å². The van der Waals surface area contributed by atoms with Crippen LogP contribution in [0.5, 0.6) is 11.5 Å². The number of anilines is 2. The maximum Gasteiger partial charge on any atom is 0.331 e. The SMILES string of the molecule is COCCOC(=O)C1(Nc2c(O)c3c(=O)cc(CO)c4c5c(CO)cc(=O)c6c(NC7(C(=O)OCCOC)CC7)c(OC)c7c(c(c2C=C(C)C7)c34)c65)CC1. The number of aliphatic hydroxyl groups is 2. The van der Waals surface area contributed by atoms with Gasteiger partial charge < -0.3 is 49.6 Å². The van der Waals surface area contributed by atoms with Crippen LogP contribution < -0.4 is 26.2 Å². The molecule has 14 nitrogen and oxygen atoms in total. The summed E-state index contributed by atoms with van der Waals surface area (Å²) in [5.74, 6) is -1.10. The van der Waals surface area contributed by atoms with Crippen LogP contribution in [-0.2, 0) is 48.2 Å². The van der Waals surface area contributed by atoms with E-state index >= 15 is 0 Å². The summed E-state index contributed by atoms with van der Waals surface area (Å²) in [5.41, 5.74) is -0.516. The molecule has 0 unspecified atom stereocenters. The van der Waals surface area contributed by atoms with Crippen LogP contribution in [0.1, 0.15) is 54.9 Å². The average Bonchev–Trinajstić information content (AvgIpc) is 4.10. The topological polar surface area (TPSA) is 199 Å². The summed E-state index contributed by atoms with van der Waals surface area (Å²) in [6.45, 7) is 1.28. The first-order valence-electron chi connectivity index (χ1n) is 18.2. The average molecular weight is 755 g/mol. The molecule has 0 spiro atoms. The first-order valence-corrected chi connectivity index (χ1v) is 18.2. The van der Waals surface area contributed by atoms with Gasteiger partial charge in [-0.1, -0.05) is 11.6 Å². The van der Waals surface area contributed by atoms with Gasteiger partial charge in [0.1, 0.15) is 30.0 Å². The molecular weight excluding hydrogens is 712 g/mol. The molecule has 0 heterocycles. The number of phenols is 1. The lowest BCUT2D eigenvalue weighted by atomic mass is 9.81. The fourth-order valence-corrected chi connectivity index (χ4v) is 8.36. The number of phenolic OH excluding ortho intramolecular Hbond substituents is 1. The summed E-state index contributed by atoms with van der Waals surface area (Å²) < 4.78 is 27.3. The predicted molar refractivity (Wildman–Crippen MR) is 206 cm³/mol. The van der Waals surface area contributed by atoms with Gasteiger partial charge in [-0.05, 0) is 78.4 Å². The Labute approximate surface area is 314 Å². The number of allylic oxidation sites excluding steroid dienone is 1. The van der Waals surface area contributed by atoms with Gasteiger partial charge in [-0.15, -0.1) is 0 Å². The fraction of sp³-hybridized carbons (Fsp3) is 0.415. The number of ether oxygens (including phenoxy) is 5. The second-order valence-corrected chi connectivity index (χ2v) is 14.7. The minimum atomic E-state index is -1.17. The number of hydrogen-bond acceptors (Lipinski definition) is 14. The van der Waals surface area contributed by atoms with Crippen LogP contribution in [0.2, 0.25) is 0 Å². The van der Waals surface area contributed by atoms with E-state index in [0.717, 1.165) is 5.57 Å². The van der Waals surface area contributed by atoms with Gasteiger partial charge in [-0.3, -0.25) is 9.59 Å². The van der Waals surface area contributed by atoms with E-state index in [9.17, 15) is 34.5 Å². The normalized spacial score (nSPS) is 16.4. The highest BCUT2D eigenvalue weighted by molar-refractivity contribution is 6.39. The van der Waals surface area contributed by atoms with Crippen molar-refractivity contribution in [1.82, 2.24) is 0 Å². The summed E-state index contributed by atoms with van der Waals surface area (Å²) in [5, 5.41) is 43.2. The van der Waals surface area contributed by atoms with Crippen LogP contribution in [0, 0.1) is 0 Å². The smallest absolute Gasteiger partial charge is 0.331 e. The third-order valence-electron chi connectivity index (χ3n) is 11.3. The minimum absolute atomic E-state index is 0.0345. The van der Waals surface area contributed by atoms with E-state index in [4.69, 9.17) is 23.7 Å². The molecule has 55 heavy (non-hydrogen) atoms. The quantitative estimate of drug-likeness (QED) is 0.0340. The zero-order valence-corrected chi connectivity index (χ0v) is 31.0. The Morgan fingerprint density at radius 2 is 1.20 bits per heavy atom. The molecule has 2 fully saturated rings. The predicted octanol–water partition coefficient (Wildman–Crippen LogP) is 3.82. The molecule has 8 rings (SSSR count). The van der Waals surface area contributed by atoms with E-state index in [1.54, 1.807) is 0 Å². The molecule has 5 aromatic carbocycles. The molecule has 5 aromatic rings. The minimum Gasteiger partial charge on any atom is -0.505 e. The van der Waals surface area contributed by atoms with E-state index in [-0.39, 0.29) is 71.9 Å². The van der Waals surface area contributed by atoms with E-state index in [2.05, 4.69) is 10.6 Å². The molecule has 0 aliphatic heterocycles. The highest BCUT2D eigenvalue weighted by atomic mass is 16.6. The molecule has 3 aliphatic rings. The number of rotatable bonds is 15. The maximum atomic E-state index is 14.4. The van der Waals surface area contributed by atoms with Gasteiger partial charge in [0.05, 0.1) is 55.7 Å². The molecular formula is C41H42N2O12. The Balaban J connectivity index is 1.52. The zero-order chi connectivity index (χ0) is 39.0. The van der Waals surface area contributed by atoms with Crippen molar-refractivity contribution in [3.05, 3.63) is 60.4 Å². The van der Waals surface area contributed by atoms with E-state index in [1.165, 1.54) is 33.5 Å². The van der Waals surface area contributed by atoms with Gasteiger partial charge in [0.2, 0.25) is 0 Å². The van der Waals surface area contributed by atoms with Crippen molar-refractivity contribution < 1.29 is 48.6 Å². The number of hydrogen-bond donors (Lipinski definition) is 5. The van der Waals surface area contributed by atoms with E-state index in [0.29, 0.717) is 74.9 Å². The number of aromatic hydroxyl groups is 1. The van der Waals surface area contributed by atoms with Crippen molar-refractivity contribution in [2.45, 2.75) is 63.3 Å². The van der Waals surface area contributed by atoms with E-state index in [1.807, 2.05) is 13.0 Å². The molecule has 0 radical (unpaired) electrons. The summed E-state index contributed by atoms with van der Waals surface area (Å²) in [6, 6.07) is 2.57. The lowest BCUT2D eigenvalue weighted by Crippen LogP contribution is -2.35. The molecule has 0 aromatic heterocycles. The van der Waals surface area contributed by atoms with Crippen molar-refractivity contribution in [2.24, 2.45) is 0 Å². The van der Waals surface area contributed by atoms with Crippen LogP contribution in [0.15, 0.2) is 27.3 Å². The van der Waals surface area contributed by atoms with Gasteiger partial charge in [-0.25, -0.2) is 9.59 Å². The third-order valence-corrected chi connectivity index (χ3v) is 11.3. The summed E-state index contributed by atoms with van der Waals surface area (Å²) in [4.78, 5) is 55.5. The summed E-state index contributed by atoms with van der Waals surface area (Å²) in [6.07, 6.45) is 3.85. The number of fused-ring (bicyclic) bond motifs is 1. The number of benzene rings is 5. The van der Waals surface area contributed by atoms with Crippen molar-refractivity contribution in [3.8, 4) is 11.5 Å². The lowest BCUT2D eigenvalue weighted by molar-refractivity contribution is -0.147. The number of methoxy groups -OCH3 is 3. The van der Waals surface area contributed by atoms with Crippen molar-refractivity contribution >= 4 is 72.5 Å². The van der Waals surface area contributed by atoms with Gasteiger partial charge in [0.25, 0.3) is 0 Å². The van der Waals surface area contributed by atoms with Crippen molar-refractivity contribution in [2.75, 3.05) is 58.4 Å². The van der Waals surface area contributed by atoms with Crippen LogP contribution in [0.4, 0.5) is 11.4 Å². The zero-order valence-electron chi connectivity index (χ0n) is 31.0. The molecule has 0 saturated heterocycles. The molecule has 288 valence electrons. The second kappa shape index (κ2) is 13.5. The van der Waals surface area contributed by atoms with E-state index < -0.39 is 47.1 Å².